The van der Waals surface area contributed by atoms with E-state index >= 15 is 0 Å². The van der Waals surface area contributed by atoms with Gasteiger partial charge in [0.2, 0.25) is 5.91 Å². The number of amides is 1. The van der Waals surface area contributed by atoms with Crippen molar-refractivity contribution < 1.29 is 9.59 Å². The third kappa shape index (κ3) is 3.25. The van der Waals surface area contributed by atoms with Crippen molar-refractivity contribution in [3.8, 4) is 0 Å². The summed E-state index contributed by atoms with van der Waals surface area (Å²) in [6.07, 6.45) is 5.93. The summed E-state index contributed by atoms with van der Waals surface area (Å²) in [6, 6.07) is 7.29. The Hall–Kier alpha value is -0.940. The predicted octanol–water partition coefficient (Wildman–Crippen LogP) is 4.83. The summed E-state index contributed by atoms with van der Waals surface area (Å²) in [5.41, 5.74) is 1.39. The Morgan fingerprint density at radius 3 is 2.44 bits per heavy atom. The first kappa shape index (κ1) is 17.5. The second-order valence-electron chi connectivity index (χ2n) is 7.54. The van der Waals surface area contributed by atoms with E-state index in [9.17, 15) is 9.59 Å². The van der Waals surface area contributed by atoms with Gasteiger partial charge in [0, 0.05) is 28.7 Å². The molecule has 2 atom stereocenters. The fourth-order valence-electron chi connectivity index (χ4n) is 4.88. The van der Waals surface area contributed by atoms with Crippen LogP contribution in [0.15, 0.2) is 24.3 Å². The first-order chi connectivity index (χ1) is 12.1. The number of carbonyl (C=O) groups excluding carboxylic acids is 2. The highest BCUT2D eigenvalue weighted by atomic mass is 32.2. The van der Waals surface area contributed by atoms with E-state index in [4.69, 9.17) is 0 Å². The number of hydrogen-bond donors (Lipinski definition) is 1. The van der Waals surface area contributed by atoms with E-state index in [1.165, 1.54) is 30.8 Å². The van der Waals surface area contributed by atoms with Crippen LogP contribution >= 0.6 is 23.5 Å². The number of Topliss-reactive ketones (excluding diaryl/α,β-unsaturated/α-hetero) is 1. The molecule has 1 amide bonds. The van der Waals surface area contributed by atoms with Gasteiger partial charge in [-0.1, -0.05) is 18.6 Å². The van der Waals surface area contributed by atoms with Gasteiger partial charge in [0.05, 0.1) is 4.08 Å². The molecule has 2 saturated carbocycles. The van der Waals surface area contributed by atoms with Gasteiger partial charge in [0.15, 0.2) is 5.78 Å². The Kier molecular flexibility index (Phi) is 4.89. The molecule has 1 aliphatic heterocycles. The van der Waals surface area contributed by atoms with Gasteiger partial charge in [-0.3, -0.25) is 9.59 Å². The van der Waals surface area contributed by atoms with Crippen LogP contribution in [-0.4, -0.2) is 27.3 Å². The Balaban J connectivity index is 1.47. The quantitative estimate of drug-likeness (QED) is 0.769. The number of carbonyl (C=O) groups is 2. The molecule has 1 spiro atoms. The third-order valence-electron chi connectivity index (χ3n) is 6.03. The molecule has 3 fully saturated rings. The maximum absolute atomic E-state index is 12.9. The molecular weight excluding hydrogens is 350 g/mol. The van der Waals surface area contributed by atoms with Crippen molar-refractivity contribution in [3.63, 3.8) is 0 Å². The molecule has 2 aliphatic carbocycles. The molecule has 1 saturated heterocycles. The average molecular weight is 376 g/mol. The minimum absolute atomic E-state index is 0.0283. The average Bonchev–Trinajstić information content (AvgIpc) is 3.04. The topological polar surface area (TPSA) is 46.2 Å². The van der Waals surface area contributed by atoms with Crippen molar-refractivity contribution in [2.45, 2.75) is 43.1 Å². The lowest BCUT2D eigenvalue weighted by atomic mass is 9.67. The van der Waals surface area contributed by atoms with Crippen LogP contribution in [0, 0.1) is 17.8 Å². The van der Waals surface area contributed by atoms with E-state index in [-0.39, 0.29) is 17.6 Å². The Bertz CT molecular complexity index is 668. The molecule has 3 aliphatic rings. The molecule has 1 N–H and O–H groups in total. The number of ketones is 1. The van der Waals surface area contributed by atoms with Gasteiger partial charge < -0.3 is 5.32 Å². The highest BCUT2D eigenvalue weighted by molar-refractivity contribution is 8.21. The molecule has 0 aromatic heterocycles. The normalized spacial score (nSPS) is 30.2. The Morgan fingerprint density at radius 1 is 1.12 bits per heavy atom. The lowest BCUT2D eigenvalue weighted by molar-refractivity contribution is -0.122. The van der Waals surface area contributed by atoms with E-state index < -0.39 is 0 Å². The summed E-state index contributed by atoms with van der Waals surface area (Å²) in [4.78, 5) is 24.4. The zero-order chi connectivity index (χ0) is 17.4. The summed E-state index contributed by atoms with van der Waals surface area (Å²) in [5.74, 6) is 4.18. The molecule has 2 bridgehead atoms. The zero-order valence-electron chi connectivity index (χ0n) is 14.6. The van der Waals surface area contributed by atoms with Crippen molar-refractivity contribution in [2.75, 3.05) is 16.8 Å². The number of anilines is 1. The predicted molar refractivity (Wildman–Crippen MR) is 106 cm³/mol. The molecule has 3 nitrogen and oxygen atoms in total. The zero-order valence-corrected chi connectivity index (χ0v) is 16.3. The van der Waals surface area contributed by atoms with Crippen molar-refractivity contribution in [1.29, 1.82) is 0 Å². The minimum atomic E-state index is 0.0283. The maximum atomic E-state index is 12.9. The monoisotopic (exact) mass is 375 g/mol. The highest BCUT2D eigenvalue weighted by Gasteiger charge is 2.55. The summed E-state index contributed by atoms with van der Waals surface area (Å²) < 4.78 is 0.406. The maximum Gasteiger partial charge on any atom is 0.227 e. The summed E-state index contributed by atoms with van der Waals surface area (Å²) in [6.45, 7) is 1.56. The van der Waals surface area contributed by atoms with Gasteiger partial charge in [0.1, 0.15) is 0 Å². The fourth-order valence-corrected chi connectivity index (χ4v) is 8.82. The second kappa shape index (κ2) is 6.99. The number of benzene rings is 1. The van der Waals surface area contributed by atoms with Gasteiger partial charge in [0.25, 0.3) is 0 Å². The molecule has 5 heteroatoms. The number of rotatable bonds is 3. The van der Waals surface area contributed by atoms with Crippen LogP contribution in [0.25, 0.3) is 0 Å². The third-order valence-corrected chi connectivity index (χ3v) is 10.0. The van der Waals surface area contributed by atoms with Crippen molar-refractivity contribution in [3.05, 3.63) is 29.8 Å². The van der Waals surface area contributed by atoms with Crippen molar-refractivity contribution >= 4 is 40.9 Å². The van der Waals surface area contributed by atoms with Gasteiger partial charge in [-0.25, -0.2) is 0 Å². The molecular formula is C20H25NO2S2. The lowest BCUT2D eigenvalue weighted by Gasteiger charge is -2.52. The molecule has 4 rings (SSSR count). The molecule has 25 heavy (non-hydrogen) atoms. The van der Waals surface area contributed by atoms with Crippen molar-refractivity contribution in [2.24, 2.45) is 17.8 Å². The van der Waals surface area contributed by atoms with E-state index in [2.05, 4.69) is 28.8 Å². The molecule has 0 unspecified atom stereocenters. The second-order valence-corrected chi connectivity index (χ2v) is 10.5. The van der Waals surface area contributed by atoms with Crippen LogP contribution in [0.2, 0.25) is 0 Å². The van der Waals surface area contributed by atoms with Gasteiger partial charge in [-0.2, -0.15) is 0 Å². The number of hydrogen-bond acceptors (Lipinski definition) is 4. The van der Waals surface area contributed by atoms with E-state index in [1.807, 2.05) is 12.1 Å². The molecule has 1 aromatic rings. The molecule has 1 heterocycles. The standard InChI is InChI=1S/C20H25NO2S2/c1-13(22)14-4-2-7-18(12-14)21-19(23)15-10-16-5-3-6-17(11-15)20(16)24-8-9-25-20/h2,4,7,12,15-17H,3,5-6,8-11H2,1H3,(H,21,23)/t16-,17-/m1/s1. The summed E-state index contributed by atoms with van der Waals surface area (Å²) in [5, 5.41) is 3.07. The summed E-state index contributed by atoms with van der Waals surface area (Å²) in [7, 11) is 0. The van der Waals surface area contributed by atoms with Crippen LogP contribution in [0.4, 0.5) is 5.69 Å². The number of nitrogens with one attached hydrogen (secondary N) is 1. The highest BCUT2D eigenvalue weighted by Crippen LogP contribution is 2.64. The number of thioether (sulfide) groups is 2. The van der Waals surface area contributed by atoms with Gasteiger partial charge in [-0.05, 0) is 56.6 Å². The Morgan fingerprint density at radius 2 is 1.80 bits per heavy atom. The SMILES string of the molecule is CC(=O)c1cccc(NC(=O)C2C[C@H]3CCC[C@H](C2)C32SCCS2)c1. The fraction of sp³-hybridized carbons (Fsp3) is 0.600. The van der Waals surface area contributed by atoms with Crippen LogP contribution in [-0.2, 0) is 4.79 Å². The largest absolute Gasteiger partial charge is 0.326 e. The van der Waals surface area contributed by atoms with Crippen LogP contribution in [0.3, 0.4) is 0 Å². The smallest absolute Gasteiger partial charge is 0.227 e. The van der Waals surface area contributed by atoms with E-state index in [1.54, 1.807) is 19.1 Å². The first-order valence-electron chi connectivity index (χ1n) is 9.28. The van der Waals surface area contributed by atoms with Gasteiger partial charge >= 0.3 is 0 Å². The molecule has 0 radical (unpaired) electrons. The van der Waals surface area contributed by atoms with E-state index in [0.29, 0.717) is 21.5 Å². The molecule has 134 valence electrons. The van der Waals surface area contributed by atoms with Gasteiger partial charge in [-0.15, -0.1) is 23.5 Å². The Labute approximate surface area is 158 Å². The minimum Gasteiger partial charge on any atom is -0.326 e. The van der Waals surface area contributed by atoms with Crippen LogP contribution in [0.1, 0.15) is 49.4 Å². The van der Waals surface area contributed by atoms with E-state index in [0.717, 1.165) is 18.5 Å². The van der Waals surface area contributed by atoms with Crippen LogP contribution < -0.4 is 5.32 Å². The first-order valence-corrected chi connectivity index (χ1v) is 11.3. The molecule has 1 aromatic carbocycles. The lowest BCUT2D eigenvalue weighted by Crippen LogP contribution is -2.48. The summed E-state index contributed by atoms with van der Waals surface area (Å²) >= 11 is 4.35. The van der Waals surface area contributed by atoms with Crippen LogP contribution in [0.5, 0.6) is 0 Å². The van der Waals surface area contributed by atoms with Crippen molar-refractivity contribution in [1.82, 2.24) is 0 Å².